The highest BCUT2D eigenvalue weighted by molar-refractivity contribution is 6.29. The maximum Gasteiger partial charge on any atom is 0.243 e. The number of hydrogen-bond donors (Lipinski definition) is 0. The van der Waals surface area contributed by atoms with Gasteiger partial charge in [0.1, 0.15) is 5.15 Å². The molecule has 2 aromatic heterocycles. The summed E-state index contributed by atoms with van der Waals surface area (Å²) in [6.07, 6.45) is 3.42. The molecule has 0 N–H and O–H groups in total. The highest BCUT2D eigenvalue weighted by Gasteiger charge is 2.32. The molecule has 35 heavy (non-hydrogen) atoms. The lowest BCUT2D eigenvalue weighted by Crippen LogP contribution is -2.33. The Hall–Kier alpha value is -3.61. The number of nitrogens with zero attached hydrogens (tertiary/aromatic N) is 4. The van der Waals surface area contributed by atoms with Crippen LogP contribution in [0.15, 0.2) is 90.2 Å². The number of pyridine rings is 2. The summed E-state index contributed by atoms with van der Waals surface area (Å²) in [4.78, 5) is 21.8. The van der Waals surface area contributed by atoms with E-state index in [2.05, 4.69) is 9.97 Å². The largest absolute Gasteiger partial charge is 0.375 e. The molecule has 4 aromatic rings. The lowest BCUT2D eigenvalue weighted by molar-refractivity contribution is -0.129. The van der Waals surface area contributed by atoms with Gasteiger partial charge >= 0.3 is 0 Å². The number of para-hydroxylation sites is 1. The van der Waals surface area contributed by atoms with Crippen molar-refractivity contribution in [1.29, 1.82) is 0 Å². The van der Waals surface area contributed by atoms with Crippen LogP contribution in [0.1, 0.15) is 29.7 Å². The van der Waals surface area contributed by atoms with Gasteiger partial charge in [0.05, 0.1) is 36.2 Å². The van der Waals surface area contributed by atoms with Gasteiger partial charge in [0.25, 0.3) is 0 Å². The first-order chi connectivity index (χ1) is 17.2. The van der Waals surface area contributed by atoms with Crippen molar-refractivity contribution < 1.29 is 9.53 Å². The zero-order chi connectivity index (χ0) is 24.0. The fourth-order valence-electron chi connectivity index (χ4n) is 4.27. The molecule has 0 radical (unpaired) electrons. The van der Waals surface area contributed by atoms with Crippen molar-refractivity contribution in [2.75, 3.05) is 6.61 Å². The number of hydrogen-bond acceptors (Lipinski definition) is 5. The Kier molecular flexibility index (Phi) is 7.12. The third kappa shape index (κ3) is 5.56. The van der Waals surface area contributed by atoms with Crippen LogP contribution in [0.2, 0.25) is 5.15 Å². The molecule has 1 amide bonds. The summed E-state index contributed by atoms with van der Waals surface area (Å²) in [6, 6.07) is 25.3. The minimum absolute atomic E-state index is 0.0163. The van der Waals surface area contributed by atoms with Crippen LogP contribution < -0.4 is 0 Å². The predicted molar refractivity (Wildman–Crippen MR) is 137 cm³/mol. The molecule has 1 fully saturated rings. The van der Waals surface area contributed by atoms with Gasteiger partial charge in [-0.05, 0) is 41.8 Å². The molecule has 1 saturated heterocycles. The van der Waals surface area contributed by atoms with Crippen molar-refractivity contribution in [1.82, 2.24) is 15.0 Å². The van der Waals surface area contributed by atoms with E-state index in [1.807, 2.05) is 72.8 Å². The van der Waals surface area contributed by atoms with Crippen LogP contribution in [0.25, 0.3) is 10.9 Å². The minimum atomic E-state index is -0.130. The lowest BCUT2D eigenvalue weighted by Gasteiger charge is -2.21. The fourth-order valence-corrected chi connectivity index (χ4v) is 4.44. The van der Waals surface area contributed by atoms with Crippen molar-refractivity contribution in [3.05, 3.63) is 107 Å². The number of carbonyl (C=O) groups is 1. The molecule has 0 bridgehead atoms. The Morgan fingerprint density at radius 1 is 1.03 bits per heavy atom. The van der Waals surface area contributed by atoms with Crippen LogP contribution in [0.4, 0.5) is 0 Å². The van der Waals surface area contributed by atoms with Crippen LogP contribution >= 0.6 is 11.6 Å². The summed E-state index contributed by atoms with van der Waals surface area (Å²) in [7, 11) is 0. The molecular weight excluding hydrogens is 460 g/mol. The van der Waals surface area contributed by atoms with Crippen LogP contribution in [-0.4, -0.2) is 39.2 Å². The Morgan fingerprint density at radius 2 is 1.86 bits per heavy atom. The van der Waals surface area contributed by atoms with Gasteiger partial charge in [0.2, 0.25) is 5.91 Å². The normalized spacial score (nSPS) is 16.3. The first-order valence-corrected chi connectivity index (χ1v) is 12.0. The van der Waals surface area contributed by atoms with Gasteiger partial charge in [-0.15, -0.1) is 0 Å². The molecule has 0 aliphatic carbocycles. The Bertz CT molecular complexity index is 1350. The average Bonchev–Trinajstić information content (AvgIpc) is 3.23. The molecule has 3 heterocycles. The van der Waals surface area contributed by atoms with Gasteiger partial charge in [0.15, 0.2) is 0 Å². The summed E-state index contributed by atoms with van der Waals surface area (Å²) < 4.78 is 5.96. The fraction of sp³-hybridized carbons (Fsp3) is 0.214. The molecule has 1 aliphatic rings. The third-order valence-corrected chi connectivity index (χ3v) is 6.26. The maximum absolute atomic E-state index is 12.8. The second-order valence-electron chi connectivity index (χ2n) is 8.49. The van der Waals surface area contributed by atoms with Crippen LogP contribution in [0.5, 0.6) is 0 Å². The number of carbonyl (C=O) groups excluding carboxylic acids is 1. The van der Waals surface area contributed by atoms with Crippen molar-refractivity contribution in [3.63, 3.8) is 0 Å². The van der Waals surface area contributed by atoms with Crippen molar-refractivity contribution in [2.24, 2.45) is 5.10 Å². The smallest absolute Gasteiger partial charge is 0.243 e. The van der Waals surface area contributed by atoms with E-state index >= 15 is 0 Å². The number of benzene rings is 2. The second kappa shape index (κ2) is 10.8. The number of hydrazone groups is 1. The zero-order valence-corrected chi connectivity index (χ0v) is 19.9. The maximum atomic E-state index is 12.8. The van der Waals surface area contributed by atoms with Gasteiger partial charge in [-0.2, -0.15) is 5.10 Å². The van der Waals surface area contributed by atoms with E-state index in [4.69, 9.17) is 21.4 Å². The molecule has 0 spiro atoms. The van der Waals surface area contributed by atoms with Gasteiger partial charge in [-0.25, -0.2) is 9.99 Å². The molecule has 6 nitrogen and oxygen atoms in total. The molecular formula is C28H25ClN4O2. The van der Waals surface area contributed by atoms with E-state index in [-0.39, 0.29) is 11.9 Å². The second-order valence-corrected chi connectivity index (χ2v) is 8.88. The van der Waals surface area contributed by atoms with E-state index in [1.165, 1.54) is 0 Å². The number of aromatic nitrogens is 2. The Morgan fingerprint density at radius 3 is 2.71 bits per heavy atom. The molecule has 1 unspecified atom stereocenters. The van der Waals surface area contributed by atoms with Gasteiger partial charge in [-0.1, -0.05) is 66.2 Å². The van der Waals surface area contributed by atoms with Crippen LogP contribution in [0.3, 0.4) is 0 Å². The molecule has 5 rings (SSSR count). The average molecular weight is 485 g/mol. The van der Waals surface area contributed by atoms with Gasteiger partial charge in [0, 0.05) is 24.4 Å². The zero-order valence-electron chi connectivity index (χ0n) is 19.2. The first-order valence-electron chi connectivity index (χ1n) is 11.6. The van der Waals surface area contributed by atoms with Gasteiger partial charge < -0.3 is 4.74 Å². The number of fused-ring (bicyclic) bond motifs is 1. The molecule has 1 atom stereocenters. The SMILES string of the molecule is O=C1CCC(COCc2ccccc2)N1N=C(Cc1ccnc2ccccc12)c1cccc(Cl)n1. The van der Waals surface area contributed by atoms with E-state index in [1.54, 1.807) is 17.3 Å². The van der Waals surface area contributed by atoms with Gasteiger partial charge in [-0.3, -0.25) is 9.78 Å². The number of rotatable bonds is 8. The lowest BCUT2D eigenvalue weighted by atomic mass is 10.0. The summed E-state index contributed by atoms with van der Waals surface area (Å²) >= 11 is 6.21. The highest BCUT2D eigenvalue weighted by Crippen LogP contribution is 2.23. The Labute approximate surface area is 209 Å². The number of ether oxygens (including phenoxy) is 1. The molecule has 2 aromatic carbocycles. The molecule has 0 saturated carbocycles. The third-order valence-electron chi connectivity index (χ3n) is 6.05. The summed E-state index contributed by atoms with van der Waals surface area (Å²) in [6.45, 7) is 0.910. The monoisotopic (exact) mass is 484 g/mol. The topological polar surface area (TPSA) is 67.7 Å². The highest BCUT2D eigenvalue weighted by atomic mass is 35.5. The Balaban J connectivity index is 1.43. The van der Waals surface area contributed by atoms with Crippen LogP contribution in [0, 0.1) is 0 Å². The van der Waals surface area contributed by atoms with Crippen molar-refractivity contribution in [3.8, 4) is 0 Å². The standard InChI is InChI=1S/C28H25ClN4O2/c29-27-12-6-11-25(31-27)26(17-21-15-16-30-24-10-5-4-9-23(21)24)32-33-22(13-14-28(33)34)19-35-18-20-7-2-1-3-8-20/h1-12,15-16,22H,13-14,17-19H2. The van der Waals surface area contributed by atoms with E-state index in [0.29, 0.717) is 49.0 Å². The summed E-state index contributed by atoms with van der Waals surface area (Å²) in [5.41, 5.74) is 4.38. The quantitative estimate of drug-likeness (QED) is 0.247. The summed E-state index contributed by atoms with van der Waals surface area (Å²) in [5.74, 6) is -0.0163. The minimum Gasteiger partial charge on any atom is -0.375 e. The van der Waals surface area contributed by atoms with Crippen LogP contribution in [-0.2, 0) is 22.6 Å². The van der Waals surface area contributed by atoms with E-state index in [9.17, 15) is 4.79 Å². The number of halogens is 1. The molecule has 7 heteroatoms. The van der Waals surface area contributed by atoms with E-state index < -0.39 is 0 Å². The first kappa shape index (κ1) is 23.1. The number of amides is 1. The summed E-state index contributed by atoms with van der Waals surface area (Å²) in [5, 5.41) is 7.85. The molecule has 1 aliphatic heterocycles. The van der Waals surface area contributed by atoms with Crippen molar-refractivity contribution >= 4 is 34.1 Å². The molecule has 176 valence electrons. The predicted octanol–water partition coefficient (Wildman–Crippen LogP) is 5.44. The van der Waals surface area contributed by atoms with E-state index in [0.717, 1.165) is 22.0 Å². The van der Waals surface area contributed by atoms with Crippen molar-refractivity contribution in [2.45, 2.75) is 31.9 Å².